The fourth-order valence-electron chi connectivity index (χ4n) is 2.77. The van der Waals surface area contributed by atoms with Crippen molar-refractivity contribution in [1.82, 2.24) is 10.2 Å². The van der Waals surface area contributed by atoms with Crippen LogP contribution in [0.3, 0.4) is 0 Å². The Hall–Kier alpha value is -2.34. The Kier molecular flexibility index (Phi) is 8.70. The van der Waals surface area contributed by atoms with Crippen molar-refractivity contribution >= 4 is 27.7 Å². The molecule has 2 aromatic rings. The summed E-state index contributed by atoms with van der Waals surface area (Å²) in [5.41, 5.74) is 2.00. The molecule has 2 atom stereocenters. The molecule has 0 radical (unpaired) electrons. The molecule has 0 aromatic heterocycles. The highest BCUT2D eigenvalue weighted by Gasteiger charge is 2.27. The summed E-state index contributed by atoms with van der Waals surface area (Å²) in [5.74, 6) is 0.236. The molecular weight excluding hydrogens is 432 g/mol. The standard InChI is InChI=1S/C23H29BrN2O3/c1-5-17(3)25-23(28)18(4)26(14-19-9-11-20(24)12-10-19)22(27)15-29-21-8-6-7-16(2)13-21/h6-13,17-18H,5,14-15H2,1-4H3,(H,25,28). The molecule has 6 heteroatoms. The van der Waals surface area contributed by atoms with Gasteiger partial charge in [0.15, 0.2) is 6.61 Å². The van der Waals surface area contributed by atoms with Crippen molar-refractivity contribution in [3.63, 3.8) is 0 Å². The van der Waals surface area contributed by atoms with Crippen molar-refractivity contribution in [2.75, 3.05) is 6.61 Å². The van der Waals surface area contributed by atoms with Crippen LogP contribution in [0.2, 0.25) is 0 Å². The molecule has 2 rings (SSSR count). The van der Waals surface area contributed by atoms with E-state index >= 15 is 0 Å². The quantitative estimate of drug-likeness (QED) is 0.600. The highest BCUT2D eigenvalue weighted by molar-refractivity contribution is 9.10. The van der Waals surface area contributed by atoms with Gasteiger partial charge in [0.2, 0.25) is 5.91 Å². The van der Waals surface area contributed by atoms with E-state index in [0.29, 0.717) is 12.3 Å². The highest BCUT2D eigenvalue weighted by atomic mass is 79.9. The zero-order chi connectivity index (χ0) is 21.4. The van der Waals surface area contributed by atoms with Crippen molar-refractivity contribution in [1.29, 1.82) is 0 Å². The van der Waals surface area contributed by atoms with Gasteiger partial charge in [-0.2, -0.15) is 0 Å². The Balaban J connectivity index is 2.14. The maximum absolute atomic E-state index is 13.0. The van der Waals surface area contributed by atoms with Gasteiger partial charge >= 0.3 is 0 Å². The zero-order valence-corrected chi connectivity index (χ0v) is 19.0. The Morgan fingerprint density at radius 1 is 1.14 bits per heavy atom. The maximum atomic E-state index is 13.0. The van der Waals surface area contributed by atoms with Crippen LogP contribution in [0.5, 0.6) is 5.75 Å². The van der Waals surface area contributed by atoms with E-state index in [1.54, 1.807) is 11.8 Å². The summed E-state index contributed by atoms with van der Waals surface area (Å²) in [7, 11) is 0. The Bertz CT molecular complexity index is 823. The van der Waals surface area contributed by atoms with Crippen molar-refractivity contribution in [2.24, 2.45) is 0 Å². The second-order valence-corrected chi connectivity index (χ2v) is 8.16. The summed E-state index contributed by atoms with van der Waals surface area (Å²) in [5, 5.41) is 2.96. The van der Waals surface area contributed by atoms with Gasteiger partial charge in [0.05, 0.1) is 0 Å². The summed E-state index contributed by atoms with van der Waals surface area (Å²) >= 11 is 3.42. The molecular formula is C23H29BrN2O3. The van der Waals surface area contributed by atoms with Crippen LogP contribution in [0.1, 0.15) is 38.3 Å². The second-order valence-electron chi connectivity index (χ2n) is 7.25. The molecule has 29 heavy (non-hydrogen) atoms. The first-order valence-corrected chi connectivity index (χ1v) is 10.6. The molecule has 2 aromatic carbocycles. The number of carbonyl (C=O) groups is 2. The number of nitrogens with zero attached hydrogens (tertiary/aromatic N) is 1. The molecule has 0 spiro atoms. The van der Waals surface area contributed by atoms with Crippen LogP contribution >= 0.6 is 15.9 Å². The first-order chi connectivity index (χ1) is 13.8. The monoisotopic (exact) mass is 460 g/mol. The Morgan fingerprint density at radius 2 is 1.83 bits per heavy atom. The van der Waals surface area contributed by atoms with Crippen LogP contribution in [-0.2, 0) is 16.1 Å². The molecule has 0 aliphatic carbocycles. The normalized spacial score (nSPS) is 12.7. The topological polar surface area (TPSA) is 58.6 Å². The molecule has 0 aliphatic heterocycles. The van der Waals surface area contributed by atoms with E-state index < -0.39 is 6.04 Å². The average Bonchev–Trinajstić information content (AvgIpc) is 2.71. The summed E-state index contributed by atoms with van der Waals surface area (Å²) in [6.07, 6.45) is 0.829. The number of halogens is 1. The van der Waals surface area contributed by atoms with Crippen LogP contribution < -0.4 is 10.1 Å². The fourth-order valence-corrected chi connectivity index (χ4v) is 3.03. The van der Waals surface area contributed by atoms with Crippen LogP contribution in [0.25, 0.3) is 0 Å². The molecule has 156 valence electrons. The minimum absolute atomic E-state index is 0.0538. The first kappa shape index (κ1) is 22.9. The van der Waals surface area contributed by atoms with E-state index in [9.17, 15) is 9.59 Å². The number of nitrogens with one attached hydrogen (secondary N) is 1. The van der Waals surface area contributed by atoms with Gasteiger partial charge in [-0.05, 0) is 62.6 Å². The molecule has 0 saturated heterocycles. The van der Waals surface area contributed by atoms with Gasteiger partial charge in [-0.3, -0.25) is 9.59 Å². The lowest BCUT2D eigenvalue weighted by Crippen LogP contribution is -2.50. The van der Waals surface area contributed by atoms with Gasteiger partial charge in [0.25, 0.3) is 5.91 Å². The molecule has 2 amide bonds. The predicted octanol–water partition coefficient (Wildman–Crippen LogP) is 4.47. The minimum Gasteiger partial charge on any atom is -0.484 e. The van der Waals surface area contributed by atoms with Crippen molar-refractivity contribution in [3.05, 3.63) is 64.1 Å². The molecule has 0 heterocycles. The zero-order valence-electron chi connectivity index (χ0n) is 17.4. The number of aryl methyl sites for hydroxylation is 1. The smallest absolute Gasteiger partial charge is 0.261 e. The summed E-state index contributed by atoms with van der Waals surface area (Å²) < 4.78 is 6.65. The van der Waals surface area contributed by atoms with E-state index in [-0.39, 0.29) is 24.5 Å². The van der Waals surface area contributed by atoms with E-state index in [0.717, 1.165) is 22.0 Å². The number of ether oxygens (including phenoxy) is 1. The molecule has 0 fully saturated rings. The number of benzene rings is 2. The van der Waals surface area contributed by atoms with E-state index in [1.807, 2.05) is 69.3 Å². The maximum Gasteiger partial charge on any atom is 0.261 e. The lowest BCUT2D eigenvalue weighted by atomic mass is 10.1. The highest BCUT2D eigenvalue weighted by Crippen LogP contribution is 2.16. The summed E-state index contributed by atoms with van der Waals surface area (Å²) in [6, 6.07) is 14.7. The third-order valence-corrected chi connectivity index (χ3v) is 5.32. The van der Waals surface area contributed by atoms with Crippen LogP contribution in [0.4, 0.5) is 0 Å². The van der Waals surface area contributed by atoms with Gasteiger partial charge < -0.3 is 15.0 Å². The average molecular weight is 461 g/mol. The minimum atomic E-state index is -0.610. The third-order valence-electron chi connectivity index (χ3n) is 4.79. The lowest BCUT2D eigenvalue weighted by molar-refractivity contribution is -0.142. The van der Waals surface area contributed by atoms with Gasteiger partial charge in [-0.1, -0.05) is 47.1 Å². The molecule has 0 bridgehead atoms. The number of amides is 2. The van der Waals surface area contributed by atoms with E-state index in [2.05, 4.69) is 21.2 Å². The van der Waals surface area contributed by atoms with Gasteiger partial charge in [-0.25, -0.2) is 0 Å². The predicted molar refractivity (Wildman–Crippen MR) is 119 cm³/mol. The molecule has 5 nitrogen and oxygen atoms in total. The third kappa shape index (κ3) is 7.20. The van der Waals surface area contributed by atoms with Gasteiger partial charge in [0, 0.05) is 17.1 Å². The number of hydrogen-bond donors (Lipinski definition) is 1. The number of carbonyl (C=O) groups excluding carboxylic acids is 2. The van der Waals surface area contributed by atoms with Crippen molar-refractivity contribution in [3.8, 4) is 5.75 Å². The molecule has 0 aliphatic rings. The second kappa shape index (κ2) is 11.0. The number of rotatable bonds is 9. The SMILES string of the molecule is CCC(C)NC(=O)C(C)N(Cc1ccc(Br)cc1)C(=O)COc1cccc(C)c1. The lowest BCUT2D eigenvalue weighted by Gasteiger charge is -2.29. The van der Waals surface area contributed by atoms with Gasteiger partial charge in [0.1, 0.15) is 11.8 Å². The Labute approximate surface area is 181 Å². The van der Waals surface area contributed by atoms with E-state index in [1.165, 1.54) is 0 Å². The molecule has 0 saturated carbocycles. The fraction of sp³-hybridized carbons (Fsp3) is 0.391. The summed E-state index contributed by atoms with van der Waals surface area (Å²) in [4.78, 5) is 27.2. The summed E-state index contributed by atoms with van der Waals surface area (Å²) in [6.45, 7) is 7.89. The first-order valence-electron chi connectivity index (χ1n) is 9.84. The van der Waals surface area contributed by atoms with Crippen LogP contribution in [-0.4, -0.2) is 35.4 Å². The molecule has 2 unspecified atom stereocenters. The van der Waals surface area contributed by atoms with Crippen LogP contribution in [0, 0.1) is 6.92 Å². The largest absolute Gasteiger partial charge is 0.484 e. The van der Waals surface area contributed by atoms with Gasteiger partial charge in [-0.15, -0.1) is 0 Å². The molecule has 1 N–H and O–H groups in total. The number of hydrogen-bond acceptors (Lipinski definition) is 3. The van der Waals surface area contributed by atoms with Crippen molar-refractivity contribution in [2.45, 2.75) is 52.7 Å². The van der Waals surface area contributed by atoms with E-state index in [4.69, 9.17) is 4.74 Å². The van der Waals surface area contributed by atoms with Crippen LogP contribution in [0.15, 0.2) is 53.0 Å². The Morgan fingerprint density at radius 3 is 2.45 bits per heavy atom. The van der Waals surface area contributed by atoms with Crippen molar-refractivity contribution < 1.29 is 14.3 Å².